The van der Waals surface area contributed by atoms with Crippen LogP contribution in [0.4, 0.5) is 0 Å². The van der Waals surface area contributed by atoms with Crippen LogP contribution in [0.15, 0.2) is 0 Å². The summed E-state index contributed by atoms with van der Waals surface area (Å²) in [6.07, 6.45) is 0. The molecule has 0 aromatic heterocycles. The monoisotopic (exact) mass is 330 g/mol. The maximum atomic E-state index is 2.81. The second-order valence-electron chi connectivity index (χ2n) is 11.6. The zero-order valence-corrected chi connectivity index (χ0v) is 16.6. The number of hydrazine groups is 2. The molecule has 3 saturated heterocycles. The van der Waals surface area contributed by atoms with Gasteiger partial charge in [0.25, 0.3) is 0 Å². The largest absolute Gasteiger partial charge is 0.240 e. The third-order valence-electron chi connectivity index (χ3n) is 8.86. The van der Waals surface area contributed by atoms with Crippen molar-refractivity contribution < 1.29 is 0 Å². The molecular formula is C20H34N4. The van der Waals surface area contributed by atoms with Crippen molar-refractivity contribution >= 4 is 0 Å². The van der Waals surface area contributed by atoms with Crippen LogP contribution >= 0.6 is 0 Å². The Kier molecular flexibility index (Phi) is 2.34. The highest BCUT2D eigenvalue weighted by Crippen LogP contribution is 2.80. The third-order valence-corrected chi connectivity index (χ3v) is 8.86. The molecule has 0 amide bonds. The van der Waals surface area contributed by atoms with E-state index >= 15 is 0 Å². The molecule has 6 aliphatic rings. The van der Waals surface area contributed by atoms with Crippen LogP contribution in [0.2, 0.25) is 0 Å². The lowest BCUT2D eigenvalue weighted by molar-refractivity contribution is -0.272. The number of rotatable bonds is 0. The molecule has 6 atom stereocenters. The van der Waals surface area contributed by atoms with E-state index in [1.165, 1.54) is 0 Å². The van der Waals surface area contributed by atoms with E-state index in [1.54, 1.807) is 0 Å². The molecule has 2 bridgehead atoms. The first kappa shape index (κ1) is 15.0. The van der Waals surface area contributed by atoms with E-state index in [9.17, 15) is 0 Å². The lowest BCUT2D eigenvalue weighted by Crippen LogP contribution is -2.77. The van der Waals surface area contributed by atoms with Gasteiger partial charge in [-0.25, -0.2) is 20.0 Å². The number of hydrogen-bond donors (Lipinski definition) is 0. The lowest BCUT2D eigenvalue weighted by Gasteiger charge is -2.66. The van der Waals surface area contributed by atoms with Gasteiger partial charge < -0.3 is 0 Å². The molecule has 0 spiro atoms. The fraction of sp³-hybridized carbons (Fsp3) is 1.00. The van der Waals surface area contributed by atoms with E-state index < -0.39 is 0 Å². The molecule has 134 valence electrons. The zero-order chi connectivity index (χ0) is 17.1. The van der Waals surface area contributed by atoms with Crippen LogP contribution in [0.5, 0.6) is 0 Å². The summed E-state index contributed by atoms with van der Waals surface area (Å²) in [5.74, 6) is 5.75. The summed E-state index contributed by atoms with van der Waals surface area (Å²) < 4.78 is 0. The van der Waals surface area contributed by atoms with Gasteiger partial charge in [-0.05, 0) is 77.0 Å². The quantitative estimate of drug-likeness (QED) is 0.674. The molecule has 0 aromatic carbocycles. The molecule has 0 N–H and O–H groups in total. The molecule has 0 aromatic rings. The number of nitrogens with zero attached hydrogens (tertiary/aromatic N) is 4. The smallest absolute Gasteiger partial charge is 0.0334 e. The second kappa shape index (κ2) is 3.76. The van der Waals surface area contributed by atoms with Gasteiger partial charge in [-0.1, -0.05) is 0 Å². The van der Waals surface area contributed by atoms with Crippen LogP contribution < -0.4 is 0 Å². The first-order chi connectivity index (χ1) is 11.1. The molecular weight excluding hydrogens is 296 g/mol. The Morgan fingerprint density at radius 3 is 1.04 bits per heavy atom. The predicted octanol–water partition coefficient (Wildman–Crippen LogP) is 2.13. The van der Waals surface area contributed by atoms with Crippen LogP contribution in [0.3, 0.4) is 0 Å². The van der Waals surface area contributed by atoms with Gasteiger partial charge in [0.1, 0.15) is 0 Å². The highest BCUT2D eigenvalue weighted by Gasteiger charge is 2.87. The Bertz CT molecular complexity index is 556. The molecule has 3 aliphatic carbocycles. The average Bonchev–Trinajstić information content (AvgIpc) is 2.71. The molecule has 6 fully saturated rings. The highest BCUT2D eigenvalue weighted by atomic mass is 15.7. The van der Waals surface area contributed by atoms with Crippen molar-refractivity contribution in [2.75, 3.05) is 14.1 Å². The van der Waals surface area contributed by atoms with Crippen molar-refractivity contribution in [3.8, 4) is 0 Å². The first-order valence-corrected chi connectivity index (χ1v) is 10.1. The van der Waals surface area contributed by atoms with Gasteiger partial charge in [0.15, 0.2) is 0 Å². The Morgan fingerprint density at radius 2 is 0.750 bits per heavy atom. The fourth-order valence-corrected chi connectivity index (χ4v) is 9.24. The third kappa shape index (κ3) is 1.23. The minimum absolute atomic E-state index is 0.248. The molecule has 24 heavy (non-hydrogen) atoms. The van der Waals surface area contributed by atoms with Crippen molar-refractivity contribution in [3.05, 3.63) is 0 Å². The summed E-state index contributed by atoms with van der Waals surface area (Å²) in [5.41, 5.74) is 0.495. The van der Waals surface area contributed by atoms with Gasteiger partial charge in [0.05, 0.1) is 0 Å². The molecule has 4 heteroatoms. The SMILES string of the molecule is CN1[C@H]2C3C4C5C3[C@@H]3[C@H]2[C@H]([C@@H]4N1C(C)(C)C)[C@H]5N(C)N3C(C)(C)C. The Hall–Kier alpha value is -0.160. The standard InChI is InChI=1S/C20H34N4/c1-19(2,3)23-17-11-9-12-10(11)16-13(17)14(15(9)21(23)7)18(12)24(22(16)8)20(4,5)6/h9-18H,1-8H3/t9?,10?,11?,12?,13-,14-,15-,16-,17+,18+/m0/s1. The van der Waals surface area contributed by atoms with Gasteiger partial charge in [-0.15, -0.1) is 0 Å². The van der Waals surface area contributed by atoms with E-state index in [0.29, 0.717) is 0 Å². The number of fused-ring (bicyclic) bond motifs is 4. The van der Waals surface area contributed by atoms with E-state index in [4.69, 9.17) is 0 Å². The van der Waals surface area contributed by atoms with E-state index in [1.807, 2.05) is 0 Å². The Balaban J connectivity index is 1.51. The van der Waals surface area contributed by atoms with Crippen LogP contribution in [0, 0.1) is 35.5 Å². The summed E-state index contributed by atoms with van der Waals surface area (Å²) in [6.45, 7) is 14.5. The predicted molar refractivity (Wildman–Crippen MR) is 94.8 cm³/mol. The van der Waals surface area contributed by atoms with Crippen molar-refractivity contribution in [3.63, 3.8) is 0 Å². The molecule has 3 aliphatic heterocycles. The first-order valence-electron chi connectivity index (χ1n) is 10.1. The summed E-state index contributed by atoms with van der Waals surface area (Å²) >= 11 is 0. The summed E-state index contributed by atoms with van der Waals surface area (Å²) in [5, 5.41) is 11.0. The molecule has 0 unspecified atom stereocenters. The molecule has 6 rings (SSSR count). The van der Waals surface area contributed by atoms with Gasteiger partial charge in [0.2, 0.25) is 0 Å². The van der Waals surface area contributed by atoms with Gasteiger partial charge in [0, 0.05) is 49.3 Å². The minimum atomic E-state index is 0.248. The van der Waals surface area contributed by atoms with Crippen molar-refractivity contribution in [1.82, 2.24) is 20.0 Å². The van der Waals surface area contributed by atoms with Crippen molar-refractivity contribution in [1.29, 1.82) is 0 Å². The van der Waals surface area contributed by atoms with Crippen molar-refractivity contribution in [2.24, 2.45) is 35.5 Å². The maximum absolute atomic E-state index is 2.81. The Morgan fingerprint density at radius 1 is 0.458 bits per heavy atom. The number of hydrogen-bond acceptors (Lipinski definition) is 4. The van der Waals surface area contributed by atoms with Crippen LogP contribution in [0.1, 0.15) is 41.5 Å². The summed E-state index contributed by atoms with van der Waals surface area (Å²) in [7, 11) is 4.81. The van der Waals surface area contributed by atoms with Gasteiger partial charge in [-0.2, -0.15) is 0 Å². The van der Waals surface area contributed by atoms with Gasteiger partial charge in [-0.3, -0.25) is 0 Å². The van der Waals surface area contributed by atoms with Crippen LogP contribution in [-0.2, 0) is 0 Å². The zero-order valence-electron chi connectivity index (χ0n) is 16.6. The summed E-state index contributed by atoms with van der Waals surface area (Å²) in [6, 6.07) is 3.21. The van der Waals surface area contributed by atoms with Gasteiger partial charge >= 0.3 is 0 Å². The summed E-state index contributed by atoms with van der Waals surface area (Å²) in [4.78, 5) is 0. The molecule has 3 heterocycles. The van der Waals surface area contributed by atoms with Crippen LogP contribution in [-0.4, -0.2) is 69.4 Å². The average molecular weight is 331 g/mol. The molecule has 0 radical (unpaired) electrons. The van der Waals surface area contributed by atoms with E-state index in [2.05, 4.69) is 75.7 Å². The Labute approximate surface area is 147 Å². The lowest BCUT2D eigenvalue weighted by atomic mass is 9.54. The minimum Gasteiger partial charge on any atom is -0.240 e. The second-order valence-corrected chi connectivity index (χ2v) is 11.6. The molecule has 3 saturated carbocycles. The highest BCUT2D eigenvalue weighted by molar-refractivity contribution is 5.37. The van der Waals surface area contributed by atoms with Crippen molar-refractivity contribution in [2.45, 2.75) is 76.8 Å². The molecule has 4 nitrogen and oxygen atoms in total. The van der Waals surface area contributed by atoms with E-state index in [0.717, 1.165) is 59.7 Å². The maximum Gasteiger partial charge on any atom is 0.0334 e. The normalized spacial score (nSPS) is 59.0. The fourth-order valence-electron chi connectivity index (χ4n) is 9.24. The van der Waals surface area contributed by atoms with Crippen LogP contribution in [0.25, 0.3) is 0 Å². The topological polar surface area (TPSA) is 13.0 Å². The van der Waals surface area contributed by atoms with E-state index in [-0.39, 0.29) is 11.1 Å².